The van der Waals surface area contributed by atoms with Crippen LogP contribution in [-0.2, 0) is 10.0 Å². The van der Waals surface area contributed by atoms with E-state index in [1.807, 2.05) is 68.4 Å². The molecule has 0 saturated carbocycles. The molecular weight excluding hydrogens is 370 g/mol. The second kappa shape index (κ2) is 7.05. The summed E-state index contributed by atoms with van der Waals surface area (Å²) in [4.78, 5) is 4.72. The van der Waals surface area contributed by atoms with Crippen LogP contribution in [0.5, 0.6) is 0 Å². The van der Waals surface area contributed by atoms with Crippen molar-refractivity contribution in [3.8, 4) is 0 Å². The zero-order chi connectivity index (χ0) is 19.7. The maximum atomic E-state index is 13.0. The Kier molecular flexibility index (Phi) is 4.57. The molecule has 5 nitrogen and oxygen atoms in total. The molecule has 0 aliphatic rings. The molecule has 0 spiro atoms. The second-order valence-electron chi connectivity index (χ2n) is 6.55. The minimum Gasteiger partial charge on any atom is -0.279 e. The van der Waals surface area contributed by atoms with E-state index in [0.717, 1.165) is 16.6 Å². The molecule has 0 saturated heterocycles. The summed E-state index contributed by atoms with van der Waals surface area (Å²) in [6.07, 6.45) is 0. The molecule has 0 unspecified atom stereocenters. The molecule has 0 N–H and O–H groups in total. The lowest BCUT2D eigenvalue weighted by Gasteiger charge is -2.12. The van der Waals surface area contributed by atoms with Crippen LogP contribution in [0.1, 0.15) is 17.0 Å². The summed E-state index contributed by atoms with van der Waals surface area (Å²) in [7, 11) is -3.90. The van der Waals surface area contributed by atoms with Crippen molar-refractivity contribution >= 4 is 26.9 Å². The molecule has 140 valence electrons. The average Bonchev–Trinajstić information content (AvgIpc) is 3.03. The highest BCUT2D eigenvalue weighted by Gasteiger charge is 2.20. The van der Waals surface area contributed by atoms with Crippen LogP contribution in [0.4, 0.5) is 0 Å². The van der Waals surface area contributed by atoms with Gasteiger partial charge in [-0.1, -0.05) is 60.2 Å². The Morgan fingerprint density at radius 3 is 2.21 bits per heavy atom. The van der Waals surface area contributed by atoms with Gasteiger partial charge >= 0.3 is 0 Å². The normalized spacial score (nSPS) is 12.4. The third-order valence-corrected chi connectivity index (χ3v) is 5.78. The zero-order valence-corrected chi connectivity index (χ0v) is 16.4. The molecule has 0 radical (unpaired) electrons. The van der Waals surface area contributed by atoms with E-state index in [4.69, 9.17) is 0 Å². The quantitative estimate of drug-likeness (QED) is 0.387. The molecule has 0 fully saturated rings. The predicted molar refractivity (Wildman–Crippen MR) is 111 cm³/mol. The molecule has 1 heterocycles. The van der Waals surface area contributed by atoms with Gasteiger partial charge in [0, 0.05) is 5.56 Å². The van der Waals surface area contributed by atoms with Crippen LogP contribution in [0.3, 0.4) is 0 Å². The van der Waals surface area contributed by atoms with Crippen molar-refractivity contribution in [2.45, 2.75) is 18.7 Å². The SMILES string of the molecule is Cc1ccc(S(=O)(=O)N=C(c2ccccc2)n2c(C)nc3ccccc32)cc1. The molecule has 1 aromatic heterocycles. The standard InChI is InChI=1S/C22H19N3O2S/c1-16-12-14-19(15-13-16)28(26,27)24-22(18-8-4-3-5-9-18)25-17(2)23-20-10-6-7-11-21(20)25/h3-15H,1-2H3. The third-order valence-electron chi connectivity index (χ3n) is 4.50. The number of sulfonamides is 1. The third kappa shape index (κ3) is 3.34. The fraction of sp³-hybridized carbons (Fsp3) is 0.0909. The molecule has 0 aliphatic heterocycles. The summed E-state index contributed by atoms with van der Waals surface area (Å²) in [5.74, 6) is 0.996. The van der Waals surface area contributed by atoms with E-state index < -0.39 is 10.0 Å². The minimum absolute atomic E-state index is 0.161. The molecule has 6 heteroatoms. The molecular formula is C22H19N3O2S. The first kappa shape index (κ1) is 18.1. The highest BCUT2D eigenvalue weighted by atomic mass is 32.2. The molecule has 0 aliphatic carbocycles. The highest BCUT2D eigenvalue weighted by molar-refractivity contribution is 7.90. The van der Waals surface area contributed by atoms with Gasteiger partial charge in [-0.15, -0.1) is 4.40 Å². The largest absolute Gasteiger partial charge is 0.284 e. The van der Waals surface area contributed by atoms with Crippen molar-refractivity contribution in [1.29, 1.82) is 0 Å². The maximum absolute atomic E-state index is 13.0. The van der Waals surface area contributed by atoms with E-state index in [2.05, 4.69) is 9.38 Å². The van der Waals surface area contributed by atoms with Gasteiger partial charge in [-0.2, -0.15) is 8.42 Å². The fourth-order valence-electron chi connectivity index (χ4n) is 3.10. The van der Waals surface area contributed by atoms with Gasteiger partial charge in [0.25, 0.3) is 10.0 Å². The van der Waals surface area contributed by atoms with Crippen LogP contribution in [0, 0.1) is 13.8 Å². The van der Waals surface area contributed by atoms with Gasteiger partial charge in [-0.05, 0) is 38.1 Å². The van der Waals surface area contributed by atoms with Crippen molar-refractivity contribution in [2.75, 3.05) is 0 Å². The van der Waals surface area contributed by atoms with Crippen LogP contribution < -0.4 is 0 Å². The lowest BCUT2D eigenvalue weighted by atomic mass is 10.2. The van der Waals surface area contributed by atoms with Gasteiger partial charge in [-0.3, -0.25) is 4.57 Å². The average molecular weight is 389 g/mol. The number of hydrogen-bond donors (Lipinski definition) is 0. The summed E-state index contributed by atoms with van der Waals surface area (Å²) in [5, 5.41) is 0. The van der Waals surface area contributed by atoms with Crippen molar-refractivity contribution in [2.24, 2.45) is 4.40 Å². The monoisotopic (exact) mass is 389 g/mol. The second-order valence-corrected chi connectivity index (χ2v) is 8.16. The van der Waals surface area contributed by atoms with Gasteiger partial charge in [0.1, 0.15) is 5.82 Å². The van der Waals surface area contributed by atoms with E-state index in [0.29, 0.717) is 17.2 Å². The molecule has 0 bridgehead atoms. The van der Waals surface area contributed by atoms with Gasteiger partial charge in [0.2, 0.25) is 0 Å². The first-order valence-electron chi connectivity index (χ1n) is 8.87. The van der Waals surface area contributed by atoms with E-state index in [9.17, 15) is 8.42 Å². The minimum atomic E-state index is -3.90. The van der Waals surface area contributed by atoms with Crippen molar-refractivity contribution in [3.05, 3.63) is 95.8 Å². The fourth-order valence-corrected chi connectivity index (χ4v) is 4.10. The van der Waals surface area contributed by atoms with E-state index in [1.165, 1.54) is 0 Å². The Balaban J connectivity index is 1.98. The summed E-state index contributed by atoms with van der Waals surface area (Å²) in [6.45, 7) is 3.76. The molecule has 0 amide bonds. The Hall–Kier alpha value is -3.25. The molecule has 4 rings (SSSR count). The lowest BCUT2D eigenvalue weighted by molar-refractivity contribution is 0.598. The topological polar surface area (TPSA) is 64.3 Å². The van der Waals surface area contributed by atoms with Crippen molar-refractivity contribution in [1.82, 2.24) is 9.55 Å². The highest BCUT2D eigenvalue weighted by Crippen LogP contribution is 2.21. The number of aromatic nitrogens is 2. The van der Waals surface area contributed by atoms with Crippen LogP contribution in [-0.4, -0.2) is 23.8 Å². The number of nitrogens with zero attached hydrogens (tertiary/aromatic N) is 3. The summed E-state index contributed by atoms with van der Waals surface area (Å²) in [5.41, 5.74) is 3.28. The number of aryl methyl sites for hydroxylation is 2. The number of imidazole rings is 1. The number of benzene rings is 3. The van der Waals surface area contributed by atoms with E-state index in [-0.39, 0.29) is 4.90 Å². The predicted octanol–water partition coefficient (Wildman–Crippen LogP) is 4.34. The summed E-state index contributed by atoms with van der Waals surface area (Å²) in [6, 6.07) is 23.6. The smallest absolute Gasteiger partial charge is 0.279 e. The van der Waals surface area contributed by atoms with Crippen molar-refractivity contribution in [3.63, 3.8) is 0 Å². The van der Waals surface area contributed by atoms with Crippen LogP contribution in [0.2, 0.25) is 0 Å². The Morgan fingerprint density at radius 2 is 1.50 bits per heavy atom. The number of hydrogen-bond acceptors (Lipinski definition) is 3. The summed E-state index contributed by atoms with van der Waals surface area (Å²) < 4.78 is 32.1. The zero-order valence-electron chi connectivity index (χ0n) is 15.6. The van der Waals surface area contributed by atoms with Crippen LogP contribution in [0.25, 0.3) is 11.0 Å². The van der Waals surface area contributed by atoms with Crippen LogP contribution >= 0.6 is 0 Å². The Labute approximate surface area is 164 Å². The van der Waals surface area contributed by atoms with Gasteiger partial charge in [0.15, 0.2) is 5.84 Å². The maximum Gasteiger partial charge on any atom is 0.284 e. The van der Waals surface area contributed by atoms with Gasteiger partial charge < -0.3 is 0 Å². The van der Waals surface area contributed by atoms with E-state index >= 15 is 0 Å². The first-order valence-corrected chi connectivity index (χ1v) is 10.3. The first-order chi connectivity index (χ1) is 13.5. The van der Waals surface area contributed by atoms with Crippen LogP contribution in [0.15, 0.2) is 88.2 Å². The number of para-hydroxylation sites is 2. The van der Waals surface area contributed by atoms with Gasteiger partial charge in [0.05, 0.1) is 15.9 Å². The van der Waals surface area contributed by atoms with Crippen molar-refractivity contribution < 1.29 is 8.42 Å². The number of rotatable bonds is 3. The van der Waals surface area contributed by atoms with Gasteiger partial charge in [-0.25, -0.2) is 4.98 Å². The molecule has 4 aromatic rings. The lowest BCUT2D eigenvalue weighted by Crippen LogP contribution is -2.17. The molecule has 3 aromatic carbocycles. The molecule has 28 heavy (non-hydrogen) atoms. The van der Waals surface area contributed by atoms with E-state index in [1.54, 1.807) is 28.8 Å². The Morgan fingerprint density at radius 1 is 0.857 bits per heavy atom. The molecule has 0 atom stereocenters. The Bertz CT molecular complexity index is 1270. The summed E-state index contributed by atoms with van der Waals surface area (Å²) >= 11 is 0. The number of fused-ring (bicyclic) bond motifs is 1.